The highest BCUT2D eigenvalue weighted by atomic mass is 35.5. The fourth-order valence-corrected chi connectivity index (χ4v) is 2.19. The maximum atomic E-state index is 11.8. The Kier molecular flexibility index (Phi) is 4.79. The van der Waals surface area contributed by atoms with Gasteiger partial charge in [0.15, 0.2) is 0 Å². The first-order valence-corrected chi connectivity index (χ1v) is 6.97. The van der Waals surface area contributed by atoms with Crippen molar-refractivity contribution in [2.45, 2.75) is 40.0 Å². The van der Waals surface area contributed by atoms with Crippen LogP contribution in [-0.4, -0.2) is 30.5 Å². The number of rotatable bonds is 6. The summed E-state index contributed by atoms with van der Waals surface area (Å²) in [6, 6.07) is 0. The van der Waals surface area contributed by atoms with Gasteiger partial charge in [-0.3, -0.25) is 9.48 Å². The molecule has 0 atom stereocenters. The number of carbonyl (C=O) groups excluding carboxylic acids is 1. The minimum absolute atomic E-state index is 0.0529. The lowest BCUT2D eigenvalue weighted by Crippen LogP contribution is -2.15. The van der Waals surface area contributed by atoms with Crippen LogP contribution in [0.25, 0.3) is 0 Å². The molecule has 2 aromatic rings. The molecule has 0 bridgehead atoms. The summed E-state index contributed by atoms with van der Waals surface area (Å²) in [7, 11) is 0. The number of hydrogen-bond donors (Lipinski definition) is 1. The highest BCUT2D eigenvalue weighted by molar-refractivity contribution is 6.31. The Morgan fingerprint density at radius 2 is 2.19 bits per heavy atom. The molecule has 2 rings (SSSR count). The average Bonchev–Trinajstić information content (AvgIpc) is 3.00. The first kappa shape index (κ1) is 15.3. The Morgan fingerprint density at radius 3 is 2.76 bits per heavy atom. The first-order valence-electron chi connectivity index (χ1n) is 6.59. The predicted octanol–water partition coefficient (Wildman–Crippen LogP) is 1.04. The maximum Gasteiger partial charge on any atom is 0.328 e. The van der Waals surface area contributed by atoms with E-state index >= 15 is 0 Å². The molecule has 114 valence electrons. The highest BCUT2D eigenvalue weighted by Gasteiger charge is 2.16. The summed E-state index contributed by atoms with van der Waals surface area (Å²) in [4.78, 5) is 15.5. The van der Waals surface area contributed by atoms with Crippen molar-refractivity contribution in [3.8, 4) is 0 Å². The third kappa shape index (κ3) is 3.52. The van der Waals surface area contributed by atoms with Crippen LogP contribution >= 0.6 is 11.6 Å². The number of halogens is 1. The van der Waals surface area contributed by atoms with Crippen LogP contribution < -0.4 is 5.73 Å². The Hall–Kier alpha value is -2.09. The molecular weight excluding hydrogens is 296 g/mol. The third-order valence-electron chi connectivity index (χ3n) is 2.91. The first-order chi connectivity index (χ1) is 10.0. The van der Waals surface area contributed by atoms with Crippen LogP contribution in [0.5, 0.6) is 0 Å². The van der Waals surface area contributed by atoms with E-state index in [4.69, 9.17) is 22.1 Å². The zero-order chi connectivity index (χ0) is 15.4. The molecule has 2 N–H and O–H groups in total. The second-order valence-electron chi connectivity index (χ2n) is 4.34. The maximum absolute atomic E-state index is 11.8. The number of aromatic nitrogens is 5. The molecule has 0 radical (unpaired) electrons. The summed E-state index contributed by atoms with van der Waals surface area (Å²) in [5.41, 5.74) is 6.87. The van der Waals surface area contributed by atoms with E-state index in [-0.39, 0.29) is 19.1 Å². The van der Waals surface area contributed by atoms with Gasteiger partial charge in [0.1, 0.15) is 19.5 Å². The molecule has 0 unspecified atom stereocenters. The lowest BCUT2D eigenvalue weighted by Gasteiger charge is -2.07. The van der Waals surface area contributed by atoms with Crippen molar-refractivity contribution in [2.24, 2.45) is 0 Å². The molecule has 0 fully saturated rings. The van der Waals surface area contributed by atoms with Crippen molar-refractivity contribution in [1.82, 2.24) is 24.5 Å². The lowest BCUT2D eigenvalue weighted by molar-refractivity contribution is -0.146. The van der Waals surface area contributed by atoms with E-state index in [1.54, 1.807) is 4.68 Å². The molecule has 8 nitrogen and oxygen atoms in total. The van der Waals surface area contributed by atoms with Crippen LogP contribution in [0.3, 0.4) is 0 Å². The number of esters is 1. The molecule has 0 spiro atoms. The van der Waals surface area contributed by atoms with Gasteiger partial charge in [0.05, 0.1) is 16.4 Å². The number of nitrogens with two attached hydrogens (primary N) is 1. The van der Waals surface area contributed by atoms with Gasteiger partial charge in [-0.15, -0.1) is 5.10 Å². The Labute approximate surface area is 126 Å². The number of ether oxygens (including phenoxy) is 1. The molecule has 9 heteroatoms. The van der Waals surface area contributed by atoms with Crippen LogP contribution in [0, 0.1) is 0 Å². The van der Waals surface area contributed by atoms with Gasteiger partial charge in [-0.25, -0.2) is 9.67 Å². The second-order valence-corrected chi connectivity index (χ2v) is 4.72. The van der Waals surface area contributed by atoms with E-state index < -0.39 is 5.97 Å². The molecule has 0 amide bonds. The van der Waals surface area contributed by atoms with Crippen molar-refractivity contribution in [3.63, 3.8) is 0 Å². The molecule has 2 heterocycles. The summed E-state index contributed by atoms with van der Waals surface area (Å²) in [6.07, 6.45) is 2.10. The van der Waals surface area contributed by atoms with Gasteiger partial charge in [0.2, 0.25) is 5.95 Å². The quantitative estimate of drug-likeness (QED) is 0.800. The summed E-state index contributed by atoms with van der Waals surface area (Å²) in [5.74, 6) is -0.333. The van der Waals surface area contributed by atoms with Gasteiger partial charge in [-0.05, 0) is 13.3 Å². The van der Waals surface area contributed by atoms with E-state index in [0.717, 1.165) is 12.1 Å². The van der Waals surface area contributed by atoms with E-state index in [0.29, 0.717) is 17.3 Å². The predicted molar refractivity (Wildman–Crippen MR) is 76.5 cm³/mol. The molecule has 21 heavy (non-hydrogen) atoms. The van der Waals surface area contributed by atoms with Crippen LogP contribution in [0.4, 0.5) is 5.95 Å². The van der Waals surface area contributed by atoms with Crippen molar-refractivity contribution < 1.29 is 9.53 Å². The zero-order valence-corrected chi connectivity index (χ0v) is 12.7. The molecule has 0 saturated carbocycles. The number of aryl methyl sites for hydroxylation is 2. The van der Waals surface area contributed by atoms with Crippen molar-refractivity contribution >= 4 is 23.5 Å². The Bertz CT molecular complexity index is 636. The monoisotopic (exact) mass is 312 g/mol. The SMILES string of the molecule is CCc1nn(CC)c(COC(=O)Cn2cnc(N)n2)c1Cl. The fraction of sp³-hybridized carbons (Fsp3) is 0.500. The van der Waals surface area contributed by atoms with Gasteiger partial charge < -0.3 is 10.5 Å². The van der Waals surface area contributed by atoms with E-state index in [1.807, 2.05) is 13.8 Å². The van der Waals surface area contributed by atoms with Gasteiger partial charge in [0.25, 0.3) is 0 Å². The fourth-order valence-electron chi connectivity index (χ4n) is 1.87. The Balaban J connectivity index is 1.99. The van der Waals surface area contributed by atoms with Crippen LogP contribution in [0.1, 0.15) is 25.2 Å². The van der Waals surface area contributed by atoms with Crippen molar-refractivity contribution in [3.05, 3.63) is 22.7 Å². The van der Waals surface area contributed by atoms with Crippen LogP contribution in [0.15, 0.2) is 6.33 Å². The molecule has 0 aliphatic carbocycles. The van der Waals surface area contributed by atoms with Gasteiger partial charge in [-0.1, -0.05) is 18.5 Å². The van der Waals surface area contributed by atoms with E-state index in [1.165, 1.54) is 11.0 Å². The minimum atomic E-state index is -0.446. The third-order valence-corrected chi connectivity index (χ3v) is 3.35. The minimum Gasteiger partial charge on any atom is -0.458 e. The molecule has 0 aliphatic rings. The lowest BCUT2D eigenvalue weighted by atomic mass is 10.3. The molecular formula is C12H17ClN6O2. The molecule has 0 aromatic carbocycles. The number of nitrogen functional groups attached to an aromatic ring is 1. The van der Waals surface area contributed by atoms with Crippen LogP contribution in [-0.2, 0) is 35.6 Å². The van der Waals surface area contributed by atoms with Gasteiger partial charge >= 0.3 is 5.97 Å². The number of carbonyl (C=O) groups is 1. The normalized spacial score (nSPS) is 10.8. The summed E-state index contributed by atoms with van der Waals surface area (Å²) >= 11 is 6.24. The molecule has 0 aliphatic heterocycles. The number of hydrogen-bond acceptors (Lipinski definition) is 6. The molecule has 2 aromatic heterocycles. The van der Waals surface area contributed by atoms with Crippen molar-refractivity contribution in [2.75, 3.05) is 5.73 Å². The zero-order valence-electron chi connectivity index (χ0n) is 11.9. The van der Waals surface area contributed by atoms with Crippen LogP contribution in [0.2, 0.25) is 5.02 Å². The van der Waals surface area contributed by atoms with E-state index in [2.05, 4.69) is 15.2 Å². The highest BCUT2D eigenvalue weighted by Crippen LogP contribution is 2.22. The smallest absolute Gasteiger partial charge is 0.328 e. The Morgan fingerprint density at radius 1 is 1.43 bits per heavy atom. The summed E-state index contributed by atoms with van der Waals surface area (Å²) in [6.45, 7) is 4.60. The van der Waals surface area contributed by atoms with Crippen molar-refractivity contribution in [1.29, 1.82) is 0 Å². The number of anilines is 1. The average molecular weight is 313 g/mol. The van der Waals surface area contributed by atoms with E-state index in [9.17, 15) is 4.79 Å². The second kappa shape index (κ2) is 6.57. The molecule has 0 saturated heterocycles. The van der Waals surface area contributed by atoms with Gasteiger partial charge in [0, 0.05) is 6.54 Å². The summed E-state index contributed by atoms with van der Waals surface area (Å²) in [5, 5.41) is 8.73. The standard InChI is InChI=1S/C12H17ClN6O2/c1-3-8-11(13)9(19(4-2)16-8)6-21-10(20)5-18-7-15-12(14)17-18/h7H,3-6H2,1-2H3,(H2,14,17). The summed E-state index contributed by atoms with van der Waals surface area (Å²) < 4.78 is 8.26. The largest absolute Gasteiger partial charge is 0.458 e. The van der Waals surface area contributed by atoms with Gasteiger partial charge in [-0.2, -0.15) is 5.10 Å². The topological polar surface area (TPSA) is 101 Å². The number of nitrogens with zero attached hydrogens (tertiary/aromatic N) is 5.